The number of hydrogen-bond donors (Lipinski definition) is 0. The third-order valence-electron chi connectivity index (χ3n) is 1.82. The summed E-state index contributed by atoms with van der Waals surface area (Å²) in [5, 5.41) is 7.78. The molecule has 0 aliphatic rings. The van der Waals surface area contributed by atoms with E-state index in [1.165, 1.54) is 16.6 Å². The molecule has 5 nitrogen and oxygen atoms in total. The van der Waals surface area contributed by atoms with E-state index < -0.39 is 5.97 Å². The molecule has 18 heavy (non-hydrogen) atoms. The summed E-state index contributed by atoms with van der Waals surface area (Å²) < 4.78 is 11.0. The minimum atomic E-state index is -0.587. The zero-order valence-corrected chi connectivity index (χ0v) is 12.6. The number of thiophene rings is 1. The molecule has 0 saturated carbocycles. The molecule has 0 atom stereocenters. The quantitative estimate of drug-likeness (QED) is 0.609. The van der Waals surface area contributed by atoms with Crippen LogP contribution in [0.25, 0.3) is 0 Å². The van der Waals surface area contributed by atoms with E-state index in [1.54, 1.807) is 18.3 Å². The van der Waals surface area contributed by atoms with Crippen molar-refractivity contribution in [2.24, 2.45) is 0 Å². The molecule has 0 spiro atoms. The van der Waals surface area contributed by atoms with Crippen molar-refractivity contribution in [2.75, 3.05) is 6.61 Å². The number of rotatable bonds is 5. The standard InChI is InChI=1S/C10H9BrN2O3S2/c1-2-15-9(14)8-12-13-10(16-8)17-5-6-3-4-7(11)18-6/h3-4H,2,5H2,1H3. The molecule has 0 aliphatic carbocycles. The van der Waals surface area contributed by atoms with Gasteiger partial charge in [0, 0.05) is 10.6 Å². The summed E-state index contributed by atoms with van der Waals surface area (Å²) in [7, 11) is 0. The van der Waals surface area contributed by atoms with Crippen LogP contribution in [0.1, 0.15) is 22.5 Å². The fraction of sp³-hybridized carbons (Fsp3) is 0.300. The number of halogens is 1. The van der Waals surface area contributed by atoms with Crippen LogP contribution in [0.3, 0.4) is 0 Å². The maximum Gasteiger partial charge on any atom is 0.396 e. The van der Waals surface area contributed by atoms with Crippen molar-refractivity contribution in [3.63, 3.8) is 0 Å². The fourth-order valence-corrected chi connectivity index (χ4v) is 3.40. The Balaban J connectivity index is 1.92. The van der Waals surface area contributed by atoms with Crippen molar-refractivity contribution in [1.29, 1.82) is 0 Å². The van der Waals surface area contributed by atoms with Crippen LogP contribution in [0.4, 0.5) is 0 Å². The first-order valence-electron chi connectivity index (χ1n) is 5.06. The Labute approximate surface area is 120 Å². The summed E-state index contributed by atoms with van der Waals surface area (Å²) in [6, 6.07) is 4.00. The van der Waals surface area contributed by atoms with Crippen molar-refractivity contribution in [3.05, 3.63) is 26.7 Å². The molecule has 2 rings (SSSR count). The van der Waals surface area contributed by atoms with Crippen LogP contribution < -0.4 is 0 Å². The third-order valence-corrected chi connectivity index (χ3v) is 4.50. The molecule has 8 heteroatoms. The molecule has 0 radical (unpaired) electrons. The first kappa shape index (κ1) is 13.6. The van der Waals surface area contributed by atoms with Crippen molar-refractivity contribution < 1.29 is 13.9 Å². The predicted molar refractivity (Wildman–Crippen MR) is 71.8 cm³/mol. The lowest BCUT2D eigenvalue weighted by molar-refractivity contribution is 0.0475. The van der Waals surface area contributed by atoms with E-state index in [4.69, 9.17) is 9.15 Å². The molecule has 0 bridgehead atoms. The number of carbonyl (C=O) groups is 1. The van der Waals surface area contributed by atoms with Crippen LogP contribution in [-0.2, 0) is 10.5 Å². The molecule has 2 aromatic rings. The van der Waals surface area contributed by atoms with E-state index in [-0.39, 0.29) is 12.5 Å². The van der Waals surface area contributed by atoms with E-state index in [9.17, 15) is 4.79 Å². The Morgan fingerprint density at radius 3 is 3.06 bits per heavy atom. The highest BCUT2D eigenvalue weighted by molar-refractivity contribution is 9.11. The summed E-state index contributed by atoms with van der Waals surface area (Å²) in [5.41, 5.74) is 0. The molecule has 0 aliphatic heterocycles. The molecular weight excluding hydrogens is 340 g/mol. The van der Waals surface area contributed by atoms with Crippen LogP contribution in [0.15, 0.2) is 25.6 Å². The molecule has 2 heterocycles. The number of carbonyl (C=O) groups excluding carboxylic acids is 1. The van der Waals surface area contributed by atoms with Gasteiger partial charge in [-0.25, -0.2) is 4.79 Å². The minimum Gasteiger partial charge on any atom is -0.459 e. The largest absolute Gasteiger partial charge is 0.459 e. The second kappa shape index (κ2) is 6.35. The Bertz CT molecular complexity index is 541. The highest BCUT2D eigenvalue weighted by atomic mass is 79.9. The Morgan fingerprint density at radius 1 is 1.56 bits per heavy atom. The maximum atomic E-state index is 11.3. The maximum absolute atomic E-state index is 11.3. The van der Waals surface area contributed by atoms with Gasteiger partial charge in [0.1, 0.15) is 0 Å². The summed E-state index contributed by atoms with van der Waals surface area (Å²) in [5.74, 6) is 0.0307. The predicted octanol–water partition coefficient (Wildman–Crippen LogP) is 3.36. The van der Waals surface area contributed by atoms with Gasteiger partial charge in [-0.3, -0.25) is 0 Å². The van der Waals surface area contributed by atoms with Gasteiger partial charge in [-0.15, -0.1) is 16.4 Å². The fourth-order valence-electron chi connectivity index (χ4n) is 1.11. The van der Waals surface area contributed by atoms with Crippen molar-refractivity contribution in [3.8, 4) is 0 Å². The van der Waals surface area contributed by atoms with E-state index in [2.05, 4.69) is 26.1 Å². The summed E-state index contributed by atoms with van der Waals surface area (Å²) in [6.07, 6.45) is 0. The van der Waals surface area contributed by atoms with Gasteiger partial charge in [0.05, 0.1) is 10.4 Å². The van der Waals surface area contributed by atoms with E-state index >= 15 is 0 Å². The van der Waals surface area contributed by atoms with Crippen LogP contribution in [0.2, 0.25) is 0 Å². The zero-order valence-electron chi connectivity index (χ0n) is 9.38. The monoisotopic (exact) mass is 348 g/mol. The van der Waals surface area contributed by atoms with Crippen LogP contribution in [0, 0.1) is 0 Å². The number of thioether (sulfide) groups is 1. The number of esters is 1. The Morgan fingerprint density at radius 2 is 2.39 bits per heavy atom. The molecule has 0 amide bonds. The zero-order chi connectivity index (χ0) is 13.0. The molecule has 96 valence electrons. The van der Waals surface area contributed by atoms with Crippen molar-refractivity contribution in [1.82, 2.24) is 10.2 Å². The highest BCUT2D eigenvalue weighted by Gasteiger charge is 2.16. The Hall–Kier alpha value is -0.860. The van der Waals surface area contributed by atoms with E-state index in [0.29, 0.717) is 5.22 Å². The smallest absolute Gasteiger partial charge is 0.396 e. The number of nitrogens with zero attached hydrogens (tertiary/aromatic N) is 2. The lowest BCUT2D eigenvalue weighted by atomic mass is 10.5. The molecule has 0 saturated heterocycles. The second-order valence-electron chi connectivity index (χ2n) is 3.09. The first-order chi connectivity index (χ1) is 8.69. The lowest BCUT2D eigenvalue weighted by Gasteiger charge is -1.94. The Kier molecular flexibility index (Phi) is 4.79. The topological polar surface area (TPSA) is 65.2 Å². The highest BCUT2D eigenvalue weighted by Crippen LogP contribution is 2.28. The van der Waals surface area contributed by atoms with Crippen molar-refractivity contribution in [2.45, 2.75) is 17.9 Å². The SMILES string of the molecule is CCOC(=O)c1nnc(SCc2ccc(Br)s2)o1. The number of aromatic nitrogens is 2. The van der Waals surface area contributed by atoms with Gasteiger partial charge in [-0.2, -0.15) is 0 Å². The molecule has 0 aromatic carbocycles. The third kappa shape index (κ3) is 3.56. The molecule has 2 aromatic heterocycles. The van der Waals surface area contributed by atoms with Crippen LogP contribution in [-0.4, -0.2) is 22.8 Å². The molecule has 0 unspecified atom stereocenters. The van der Waals surface area contributed by atoms with Gasteiger partial charge in [0.2, 0.25) is 0 Å². The number of ether oxygens (including phenoxy) is 1. The first-order valence-corrected chi connectivity index (χ1v) is 7.66. The summed E-state index contributed by atoms with van der Waals surface area (Å²) in [4.78, 5) is 12.5. The lowest BCUT2D eigenvalue weighted by Crippen LogP contribution is -2.04. The van der Waals surface area contributed by atoms with Gasteiger partial charge in [0.25, 0.3) is 5.22 Å². The summed E-state index contributed by atoms with van der Waals surface area (Å²) in [6.45, 7) is 2.01. The minimum absolute atomic E-state index is 0.105. The van der Waals surface area contributed by atoms with Gasteiger partial charge >= 0.3 is 11.9 Å². The number of hydrogen-bond acceptors (Lipinski definition) is 7. The van der Waals surface area contributed by atoms with Gasteiger partial charge in [0.15, 0.2) is 0 Å². The second-order valence-corrected chi connectivity index (χ2v) is 6.56. The molecule has 0 N–H and O–H groups in total. The van der Waals surface area contributed by atoms with E-state index in [0.717, 1.165) is 9.54 Å². The van der Waals surface area contributed by atoms with Gasteiger partial charge in [-0.1, -0.05) is 16.9 Å². The summed E-state index contributed by atoms with van der Waals surface area (Å²) >= 11 is 6.42. The van der Waals surface area contributed by atoms with Gasteiger partial charge in [-0.05, 0) is 35.0 Å². The molecule has 0 fully saturated rings. The van der Waals surface area contributed by atoms with Crippen molar-refractivity contribution >= 4 is 45.0 Å². The normalized spacial score (nSPS) is 10.6. The van der Waals surface area contributed by atoms with Crippen LogP contribution >= 0.6 is 39.0 Å². The van der Waals surface area contributed by atoms with E-state index in [1.807, 2.05) is 12.1 Å². The average Bonchev–Trinajstić information content (AvgIpc) is 2.95. The van der Waals surface area contributed by atoms with Crippen LogP contribution in [0.5, 0.6) is 0 Å². The van der Waals surface area contributed by atoms with Gasteiger partial charge < -0.3 is 9.15 Å². The average molecular weight is 349 g/mol. The molecular formula is C10H9BrN2O3S2.